The molecule has 0 aromatic rings. The molecule has 0 spiro atoms. The molecule has 0 rings (SSSR count). The van der Waals surface area contributed by atoms with Crippen LogP contribution in [0.25, 0.3) is 0 Å². The van der Waals surface area contributed by atoms with Gasteiger partial charge < -0.3 is 12.4 Å². The molecular weight excluding hydrogens is 356 g/mol. The third kappa shape index (κ3) is 22.7. The zero-order valence-electron chi connectivity index (χ0n) is 18.6. The normalized spacial score (nSPS) is 11.1. The molecule has 2 heteroatoms. The van der Waals surface area contributed by atoms with Crippen LogP contribution in [0.1, 0.15) is 136 Å². The molecule has 0 heterocycles. The standard InChI is InChI=1S/C24H51S.ClH/c1-4-7-10-13-16-19-22-25(23-20-17-14-11-8-5-2)24-21-18-15-12-9-6-3;/h4-24H2,1-3H3;1H/q+1;/p-1. The quantitative estimate of drug-likeness (QED) is 0.169. The van der Waals surface area contributed by atoms with Crippen molar-refractivity contribution in [2.24, 2.45) is 0 Å². The molecule has 26 heavy (non-hydrogen) atoms. The molecular formula is C24H51ClS. The predicted molar refractivity (Wildman–Crippen MR) is 122 cm³/mol. The van der Waals surface area contributed by atoms with E-state index in [1.807, 2.05) is 0 Å². The second-order valence-electron chi connectivity index (χ2n) is 8.03. The van der Waals surface area contributed by atoms with E-state index < -0.39 is 0 Å². The third-order valence-corrected chi connectivity index (χ3v) is 7.96. The Labute approximate surface area is 176 Å². The largest absolute Gasteiger partial charge is 1.00 e. The fraction of sp³-hybridized carbons (Fsp3) is 1.00. The van der Waals surface area contributed by atoms with E-state index in [1.165, 1.54) is 116 Å². The molecule has 0 aliphatic carbocycles. The summed E-state index contributed by atoms with van der Waals surface area (Å²) in [4.78, 5) is 0. The lowest BCUT2D eigenvalue weighted by atomic mass is 10.1. The van der Waals surface area contributed by atoms with E-state index >= 15 is 0 Å². The first kappa shape index (κ1) is 28.8. The van der Waals surface area contributed by atoms with Crippen LogP contribution >= 0.6 is 0 Å². The van der Waals surface area contributed by atoms with Crippen LogP contribution in [0.5, 0.6) is 0 Å². The van der Waals surface area contributed by atoms with Crippen molar-refractivity contribution in [3.63, 3.8) is 0 Å². The number of halogens is 1. The van der Waals surface area contributed by atoms with Gasteiger partial charge in [-0.25, -0.2) is 0 Å². The zero-order chi connectivity index (χ0) is 18.4. The van der Waals surface area contributed by atoms with Crippen LogP contribution in [-0.4, -0.2) is 17.3 Å². The van der Waals surface area contributed by atoms with Gasteiger partial charge in [-0.15, -0.1) is 0 Å². The lowest BCUT2D eigenvalue weighted by molar-refractivity contribution is -0.00000567. The minimum Gasteiger partial charge on any atom is -1.00 e. The monoisotopic (exact) mass is 406 g/mol. The molecule has 0 bridgehead atoms. The van der Waals surface area contributed by atoms with E-state index in [4.69, 9.17) is 0 Å². The second kappa shape index (κ2) is 25.6. The number of unbranched alkanes of at least 4 members (excludes halogenated alkanes) is 15. The van der Waals surface area contributed by atoms with E-state index in [1.54, 1.807) is 17.3 Å². The summed E-state index contributed by atoms with van der Waals surface area (Å²) in [6.07, 6.45) is 26.4. The zero-order valence-corrected chi connectivity index (χ0v) is 20.2. The van der Waals surface area contributed by atoms with Crippen molar-refractivity contribution in [2.75, 3.05) is 17.3 Å². The van der Waals surface area contributed by atoms with Crippen molar-refractivity contribution in [2.45, 2.75) is 136 Å². The molecule has 0 unspecified atom stereocenters. The topological polar surface area (TPSA) is 0 Å². The SMILES string of the molecule is CCCCCCCC[S+](CCCCCCCC)CCCCCCCC.[Cl-]. The van der Waals surface area contributed by atoms with E-state index in [9.17, 15) is 0 Å². The highest BCUT2D eigenvalue weighted by atomic mass is 35.5. The summed E-state index contributed by atoms with van der Waals surface area (Å²) in [6.45, 7) is 6.95. The summed E-state index contributed by atoms with van der Waals surface area (Å²) in [6, 6.07) is 0. The minimum atomic E-state index is 0. The number of rotatable bonds is 21. The number of hydrogen-bond acceptors (Lipinski definition) is 0. The maximum absolute atomic E-state index is 2.32. The Hall–Kier alpha value is 0.640. The van der Waals surface area contributed by atoms with Crippen molar-refractivity contribution in [1.29, 1.82) is 0 Å². The molecule has 0 aromatic heterocycles. The Kier molecular flexibility index (Phi) is 28.4. The molecule has 0 saturated heterocycles. The summed E-state index contributed by atoms with van der Waals surface area (Å²) in [5.41, 5.74) is 0. The second-order valence-corrected chi connectivity index (χ2v) is 10.5. The summed E-state index contributed by atoms with van der Waals surface area (Å²) < 4.78 is 0. The highest BCUT2D eigenvalue weighted by Crippen LogP contribution is 2.14. The fourth-order valence-electron chi connectivity index (χ4n) is 3.57. The predicted octanol–water partition coefficient (Wildman–Crippen LogP) is 5.69. The van der Waals surface area contributed by atoms with Gasteiger partial charge in [0.05, 0.1) is 0 Å². The van der Waals surface area contributed by atoms with Crippen molar-refractivity contribution in [1.82, 2.24) is 0 Å². The summed E-state index contributed by atoms with van der Waals surface area (Å²) in [5.74, 6) is 4.65. The maximum Gasteiger partial charge on any atom is 0.108 e. The van der Waals surface area contributed by atoms with Crippen molar-refractivity contribution >= 4 is 10.9 Å². The van der Waals surface area contributed by atoms with Gasteiger partial charge in [0.2, 0.25) is 0 Å². The van der Waals surface area contributed by atoms with E-state index in [-0.39, 0.29) is 12.4 Å². The first-order valence-electron chi connectivity index (χ1n) is 12.0. The molecule has 0 aromatic carbocycles. The van der Waals surface area contributed by atoms with Crippen LogP contribution in [0.4, 0.5) is 0 Å². The average molecular weight is 407 g/mol. The molecule has 160 valence electrons. The summed E-state index contributed by atoms with van der Waals surface area (Å²) in [7, 11) is 0.754. The number of hydrogen-bond donors (Lipinski definition) is 0. The highest BCUT2D eigenvalue weighted by Gasteiger charge is 2.16. The molecule has 0 aliphatic heterocycles. The lowest BCUT2D eigenvalue weighted by Gasteiger charge is -2.10. The van der Waals surface area contributed by atoms with Gasteiger partial charge in [0.1, 0.15) is 17.3 Å². The first-order valence-corrected chi connectivity index (χ1v) is 13.7. The molecule has 0 atom stereocenters. The molecule has 0 amide bonds. The Morgan fingerprint density at radius 1 is 0.346 bits per heavy atom. The van der Waals surface area contributed by atoms with E-state index in [0.29, 0.717) is 0 Å². The third-order valence-electron chi connectivity index (χ3n) is 5.36. The van der Waals surface area contributed by atoms with Gasteiger partial charge in [-0.2, -0.15) is 0 Å². The fourth-order valence-corrected chi connectivity index (χ4v) is 6.02. The summed E-state index contributed by atoms with van der Waals surface area (Å²) >= 11 is 0. The Bertz CT molecular complexity index is 194. The van der Waals surface area contributed by atoms with Gasteiger partial charge in [0.15, 0.2) is 0 Å². The molecule has 0 radical (unpaired) electrons. The van der Waals surface area contributed by atoms with E-state index in [0.717, 1.165) is 10.9 Å². The Balaban J connectivity index is 0. The van der Waals surface area contributed by atoms with Crippen molar-refractivity contribution < 1.29 is 12.4 Å². The molecule has 0 saturated carbocycles. The van der Waals surface area contributed by atoms with Gasteiger partial charge in [-0.05, 0) is 49.4 Å². The molecule has 0 N–H and O–H groups in total. The van der Waals surface area contributed by atoms with Crippen LogP contribution in [0.3, 0.4) is 0 Å². The van der Waals surface area contributed by atoms with Crippen LogP contribution in [0, 0.1) is 0 Å². The Morgan fingerprint density at radius 3 is 0.846 bits per heavy atom. The Morgan fingerprint density at radius 2 is 0.577 bits per heavy atom. The highest BCUT2D eigenvalue weighted by molar-refractivity contribution is 7.96. The van der Waals surface area contributed by atoms with Crippen LogP contribution < -0.4 is 12.4 Å². The van der Waals surface area contributed by atoms with Crippen molar-refractivity contribution in [3.05, 3.63) is 0 Å². The van der Waals surface area contributed by atoms with Gasteiger partial charge >= 0.3 is 0 Å². The summed E-state index contributed by atoms with van der Waals surface area (Å²) in [5, 5.41) is 0. The first-order chi connectivity index (χ1) is 12.3. The average Bonchev–Trinajstić information content (AvgIpc) is 2.63. The van der Waals surface area contributed by atoms with Gasteiger partial charge in [-0.3, -0.25) is 0 Å². The van der Waals surface area contributed by atoms with Crippen LogP contribution in [-0.2, 0) is 10.9 Å². The van der Waals surface area contributed by atoms with Crippen LogP contribution in [0.15, 0.2) is 0 Å². The molecule has 0 nitrogen and oxygen atoms in total. The van der Waals surface area contributed by atoms with E-state index in [2.05, 4.69) is 20.8 Å². The van der Waals surface area contributed by atoms with Gasteiger partial charge in [0.25, 0.3) is 0 Å². The molecule has 0 aliphatic rings. The smallest absolute Gasteiger partial charge is 0.108 e. The maximum atomic E-state index is 2.32. The lowest BCUT2D eigenvalue weighted by Crippen LogP contribution is -3.00. The van der Waals surface area contributed by atoms with Gasteiger partial charge in [0, 0.05) is 0 Å². The van der Waals surface area contributed by atoms with Gasteiger partial charge in [-0.1, -0.05) is 97.8 Å². The van der Waals surface area contributed by atoms with Crippen LogP contribution in [0.2, 0.25) is 0 Å². The van der Waals surface area contributed by atoms with Crippen molar-refractivity contribution in [3.8, 4) is 0 Å². The minimum absolute atomic E-state index is 0. The molecule has 0 fully saturated rings.